The Morgan fingerprint density at radius 2 is 2.30 bits per heavy atom. The minimum atomic E-state index is -0.572. The molecule has 1 unspecified atom stereocenters. The largest absolute Gasteiger partial charge is 0.334 e. The Morgan fingerprint density at radius 3 is 3.05 bits per heavy atom. The first-order valence-electron chi connectivity index (χ1n) is 6.44. The van der Waals surface area contributed by atoms with Gasteiger partial charge in [0.25, 0.3) is 5.89 Å². The third-order valence-corrected chi connectivity index (χ3v) is 4.64. The van der Waals surface area contributed by atoms with Crippen LogP contribution in [0.3, 0.4) is 0 Å². The lowest BCUT2D eigenvalue weighted by atomic mass is 10.1. The molecule has 20 heavy (non-hydrogen) atoms. The summed E-state index contributed by atoms with van der Waals surface area (Å²) in [6.07, 6.45) is 3.40. The molecule has 1 aliphatic rings. The number of hydrogen-bond acceptors (Lipinski definition) is 5. The first kappa shape index (κ1) is 13.1. The van der Waals surface area contributed by atoms with Gasteiger partial charge in [-0.25, -0.2) is 4.39 Å². The smallest absolute Gasteiger partial charge is 0.259 e. The molecular weight excluding hydrogens is 277 g/mol. The fraction of sp³-hybridized carbons (Fsp3) is 0.357. The van der Waals surface area contributed by atoms with Crippen molar-refractivity contribution in [3.63, 3.8) is 0 Å². The molecule has 6 heteroatoms. The molecule has 0 saturated carbocycles. The van der Waals surface area contributed by atoms with Gasteiger partial charge in [-0.1, -0.05) is 17.6 Å². The van der Waals surface area contributed by atoms with Gasteiger partial charge in [-0.2, -0.15) is 22.0 Å². The highest BCUT2D eigenvalue weighted by atomic mass is 32.2. The van der Waals surface area contributed by atoms with Gasteiger partial charge in [0.1, 0.15) is 17.4 Å². The van der Waals surface area contributed by atoms with Crippen LogP contribution in [0.1, 0.15) is 35.9 Å². The third kappa shape index (κ3) is 2.41. The fourth-order valence-corrected chi connectivity index (χ4v) is 3.47. The van der Waals surface area contributed by atoms with E-state index in [1.54, 1.807) is 6.07 Å². The van der Waals surface area contributed by atoms with Gasteiger partial charge in [0.15, 0.2) is 5.82 Å². The van der Waals surface area contributed by atoms with Crippen LogP contribution in [0.4, 0.5) is 4.39 Å². The molecular formula is C14H12FN3OS. The van der Waals surface area contributed by atoms with Crippen LogP contribution in [0.5, 0.6) is 0 Å². The van der Waals surface area contributed by atoms with E-state index in [-0.39, 0.29) is 16.7 Å². The summed E-state index contributed by atoms with van der Waals surface area (Å²) in [4.78, 5) is 4.34. The van der Waals surface area contributed by atoms with Gasteiger partial charge in [-0.15, -0.1) is 0 Å². The van der Waals surface area contributed by atoms with Crippen LogP contribution < -0.4 is 0 Å². The van der Waals surface area contributed by atoms with E-state index in [2.05, 4.69) is 10.1 Å². The molecule has 0 aliphatic carbocycles. The Labute approximate surface area is 120 Å². The zero-order valence-corrected chi connectivity index (χ0v) is 11.5. The van der Waals surface area contributed by atoms with Crippen molar-refractivity contribution in [1.82, 2.24) is 10.1 Å². The van der Waals surface area contributed by atoms with E-state index in [4.69, 9.17) is 9.78 Å². The average Bonchev–Trinajstić information content (AvgIpc) is 2.97. The zero-order valence-electron chi connectivity index (χ0n) is 10.7. The highest BCUT2D eigenvalue weighted by Gasteiger charge is 2.23. The van der Waals surface area contributed by atoms with Crippen LogP contribution in [-0.4, -0.2) is 15.9 Å². The molecule has 1 aromatic heterocycles. The van der Waals surface area contributed by atoms with E-state index in [0.29, 0.717) is 11.4 Å². The first-order valence-corrected chi connectivity index (χ1v) is 7.48. The van der Waals surface area contributed by atoms with Crippen molar-refractivity contribution in [1.29, 1.82) is 5.26 Å². The quantitative estimate of drug-likeness (QED) is 0.843. The number of hydrogen-bond donors (Lipinski definition) is 0. The van der Waals surface area contributed by atoms with Gasteiger partial charge in [-0.3, -0.25) is 0 Å². The molecule has 1 aromatic carbocycles. The average molecular weight is 289 g/mol. The van der Waals surface area contributed by atoms with E-state index in [1.165, 1.54) is 18.6 Å². The standard InChI is InChI=1S/C14H12FN3OS/c15-11-5-3-4-9(10(11)8-16)14-17-13(18-19-14)12-6-1-2-7-20-12/h3-5,12H,1-2,6-7H2. The van der Waals surface area contributed by atoms with E-state index < -0.39 is 5.82 Å². The normalized spacial score (nSPS) is 18.7. The maximum atomic E-state index is 13.6. The minimum absolute atomic E-state index is 0.0565. The number of rotatable bonds is 2. The van der Waals surface area contributed by atoms with Gasteiger partial charge in [-0.05, 0) is 30.7 Å². The Bertz CT molecular complexity index is 659. The second kappa shape index (κ2) is 5.63. The molecule has 0 radical (unpaired) electrons. The zero-order chi connectivity index (χ0) is 13.9. The van der Waals surface area contributed by atoms with E-state index >= 15 is 0 Å². The van der Waals surface area contributed by atoms with Crippen LogP contribution >= 0.6 is 11.8 Å². The fourth-order valence-electron chi connectivity index (χ4n) is 2.24. The molecule has 1 atom stereocenters. The number of benzene rings is 1. The van der Waals surface area contributed by atoms with Crippen molar-refractivity contribution in [2.75, 3.05) is 5.75 Å². The molecule has 0 spiro atoms. The maximum absolute atomic E-state index is 13.6. The van der Waals surface area contributed by atoms with E-state index in [1.807, 2.05) is 17.8 Å². The topological polar surface area (TPSA) is 62.7 Å². The molecule has 1 fully saturated rings. The summed E-state index contributed by atoms with van der Waals surface area (Å²) >= 11 is 1.81. The predicted octanol–water partition coefficient (Wildman–Crippen LogP) is 3.71. The summed E-state index contributed by atoms with van der Waals surface area (Å²) in [5.74, 6) is 1.37. The summed E-state index contributed by atoms with van der Waals surface area (Å²) in [5.41, 5.74) is 0.297. The van der Waals surface area contributed by atoms with Gasteiger partial charge in [0, 0.05) is 0 Å². The van der Waals surface area contributed by atoms with Crippen LogP contribution in [0.25, 0.3) is 11.5 Å². The van der Waals surface area contributed by atoms with Crippen molar-refractivity contribution in [2.24, 2.45) is 0 Å². The Morgan fingerprint density at radius 1 is 1.40 bits per heavy atom. The van der Waals surface area contributed by atoms with Crippen molar-refractivity contribution >= 4 is 11.8 Å². The van der Waals surface area contributed by atoms with Crippen LogP contribution in [0.15, 0.2) is 22.7 Å². The lowest BCUT2D eigenvalue weighted by Gasteiger charge is -2.17. The van der Waals surface area contributed by atoms with Crippen molar-refractivity contribution in [3.05, 3.63) is 35.4 Å². The second-order valence-electron chi connectivity index (χ2n) is 4.59. The molecule has 1 saturated heterocycles. The molecule has 0 bridgehead atoms. The maximum Gasteiger partial charge on any atom is 0.259 e. The summed E-state index contributed by atoms with van der Waals surface area (Å²) in [6.45, 7) is 0. The van der Waals surface area contributed by atoms with E-state index in [9.17, 15) is 4.39 Å². The number of aromatic nitrogens is 2. The Kier molecular flexibility index (Phi) is 3.70. The molecule has 0 N–H and O–H groups in total. The minimum Gasteiger partial charge on any atom is -0.334 e. The lowest BCUT2D eigenvalue weighted by Crippen LogP contribution is -2.03. The number of nitriles is 1. The number of thioether (sulfide) groups is 1. The molecule has 0 amide bonds. The van der Waals surface area contributed by atoms with Crippen LogP contribution in [-0.2, 0) is 0 Å². The summed E-state index contributed by atoms with van der Waals surface area (Å²) in [7, 11) is 0. The van der Waals surface area contributed by atoms with Crippen molar-refractivity contribution in [2.45, 2.75) is 24.5 Å². The van der Waals surface area contributed by atoms with Crippen LogP contribution in [0, 0.1) is 17.1 Å². The number of halogens is 1. The van der Waals surface area contributed by atoms with Gasteiger partial charge >= 0.3 is 0 Å². The molecule has 3 rings (SSSR count). The Balaban J connectivity index is 1.94. The van der Waals surface area contributed by atoms with Gasteiger partial charge < -0.3 is 4.52 Å². The molecule has 2 heterocycles. The SMILES string of the molecule is N#Cc1c(F)cccc1-c1nc(C2CCCCS2)no1. The monoisotopic (exact) mass is 289 g/mol. The summed E-state index contributed by atoms with van der Waals surface area (Å²) in [5, 5.41) is 13.3. The van der Waals surface area contributed by atoms with Crippen molar-refractivity contribution in [3.8, 4) is 17.5 Å². The predicted molar refractivity (Wildman–Crippen MR) is 73.5 cm³/mol. The Hall–Kier alpha value is -1.87. The van der Waals surface area contributed by atoms with E-state index in [0.717, 1.165) is 18.6 Å². The molecule has 1 aliphatic heterocycles. The summed E-state index contributed by atoms with van der Waals surface area (Å²) in [6, 6.07) is 6.24. The third-order valence-electron chi connectivity index (χ3n) is 3.27. The van der Waals surface area contributed by atoms with Crippen LogP contribution in [0.2, 0.25) is 0 Å². The second-order valence-corrected chi connectivity index (χ2v) is 5.90. The van der Waals surface area contributed by atoms with Crippen molar-refractivity contribution < 1.29 is 8.91 Å². The number of nitrogens with zero attached hydrogens (tertiary/aromatic N) is 3. The molecule has 2 aromatic rings. The first-order chi connectivity index (χ1) is 9.79. The highest BCUT2D eigenvalue weighted by molar-refractivity contribution is 7.99. The molecule has 4 nitrogen and oxygen atoms in total. The summed E-state index contributed by atoms with van der Waals surface area (Å²) < 4.78 is 18.8. The molecule has 102 valence electrons. The van der Waals surface area contributed by atoms with Gasteiger partial charge in [0.05, 0.1) is 10.8 Å². The lowest BCUT2D eigenvalue weighted by molar-refractivity contribution is 0.419. The van der Waals surface area contributed by atoms with Gasteiger partial charge in [0.2, 0.25) is 0 Å². The highest BCUT2D eigenvalue weighted by Crippen LogP contribution is 2.37.